The van der Waals surface area contributed by atoms with Gasteiger partial charge in [-0.1, -0.05) is 24.6 Å². The van der Waals surface area contributed by atoms with Crippen molar-refractivity contribution in [3.63, 3.8) is 0 Å². The van der Waals surface area contributed by atoms with Crippen molar-refractivity contribution >= 4 is 5.91 Å². The van der Waals surface area contributed by atoms with Gasteiger partial charge in [0.25, 0.3) is 0 Å². The molecular weight excluding hydrogens is 338 g/mol. The van der Waals surface area contributed by atoms with Crippen LogP contribution in [0.1, 0.15) is 30.4 Å². The first-order valence-corrected chi connectivity index (χ1v) is 9.90. The van der Waals surface area contributed by atoms with Crippen LogP contribution < -0.4 is 10.1 Å². The molecule has 5 nitrogen and oxygen atoms in total. The number of aryl methyl sites for hydroxylation is 1. The number of benzene rings is 1. The first kappa shape index (κ1) is 18.0. The van der Waals surface area contributed by atoms with E-state index in [1.54, 1.807) is 0 Å². The normalized spacial score (nSPS) is 19.4. The largest absolute Gasteiger partial charge is 0.487 e. The number of ether oxygens (including phenoxy) is 1. The Morgan fingerprint density at radius 3 is 2.89 bits per heavy atom. The summed E-state index contributed by atoms with van der Waals surface area (Å²) >= 11 is 0. The molecule has 27 heavy (non-hydrogen) atoms. The Morgan fingerprint density at radius 2 is 2.07 bits per heavy atom. The molecule has 2 aromatic rings. The zero-order chi connectivity index (χ0) is 18.6. The second kappa shape index (κ2) is 8.09. The van der Waals surface area contributed by atoms with E-state index in [0.29, 0.717) is 13.1 Å². The third-order valence-corrected chi connectivity index (χ3v) is 5.44. The van der Waals surface area contributed by atoms with Crippen LogP contribution in [-0.4, -0.2) is 48.1 Å². The van der Waals surface area contributed by atoms with Crippen LogP contribution in [0.3, 0.4) is 0 Å². The van der Waals surface area contributed by atoms with Crippen molar-refractivity contribution in [1.29, 1.82) is 0 Å². The molecule has 1 aromatic heterocycles. The molecule has 4 rings (SSSR count). The maximum Gasteiger partial charge on any atom is 0.234 e. The summed E-state index contributed by atoms with van der Waals surface area (Å²) in [5.41, 5.74) is 4.32. The molecule has 1 amide bonds. The number of rotatable bonds is 5. The molecule has 1 atom stereocenters. The fourth-order valence-electron chi connectivity index (χ4n) is 4.01. The standard InChI is InChI=1S/C22H27N3O2/c1-16-7-6-10-23-21(16)19-9-5-8-17-13-18(27-22(17)19)14-24-20(26)15-25-11-3-2-4-12-25/h5-10,18H,2-4,11-15H2,1H3,(H,24,26)/t18-/m1/s1. The molecule has 0 radical (unpaired) electrons. The summed E-state index contributed by atoms with van der Waals surface area (Å²) < 4.78 is 6.22. The number of carbonyl (C=O) groups excluding carboxylic acids is 1. The van der Waals surface area contributed by atoms with Crippen LogP contribution in [0.5, 0.6) is 5.75 Å². The quantitative estimate of drug-likeness (QED) is 0.885. The Hall–Kier alpha value is -2.40. The summed E-state index contributed by atoms with van der Waals surface area (Å²) in [6.07, 6.45) is 6.29. The van der Waals surface area contributed by atoms with Crippen LogP contribution in [0.4, 0.5) is 0 Å². The minimum absolute atomic E-state index is 0.0181. The number of hydrogen-bond donors (Lipinski definition) is 1. The van der Waals surface area contributed by atoms with E-state index in [9.17, 15) is 4.79 Å². The molecule has 3 heterocycles. The summed E-state index contributed by atoms with van der Waals surface area (Å²) in [7, 11) is 0. The molecule has 1 saturated heterocycles. The number of aromatic nitrogens is 1. The van der Waals surface area contributed by atoms with Crippen LogP contribution in [0.2, 0.25) is 0 Å². The third kappa shape index (κ3) is 4.14. The van der Waals surface area contributed by atoms with E-state index in [1.165, 1.54) is 24.8 Å². The van der Waals surface area contributed by atoms with Crippen LogP contribution in [0.25, 0.3) is 11.3 Å². The Kier molecular flexibility index (Phi) is 5.39. The first-order chi connectivity index (χ1) is 13.2. The van der Waals surface area contributed by atoms with Crippen molar-refractivity contribution in [2.24, 2.45) is 0 Å². The number of hydrogen-bond acceptors (Lipinski definition) is 4. The molecule has 1 aromatic carbocycles. The highest BCUT2D eigenvalue weighted by Crippen LogP contribution is 2.38. The van der Waals surface area contributed by atoms with E-state index in [0.717, 1.165) is 42.1 Å². The predicted octanol–water partition coefficient (Wildman–Crippen LogP) is 2.96. The number of carbonyl (C=O) groups is 1. The Bertz CT molecular complexity index is 815. The highest BCUT2D eigenvalue weighted by molar-refractivity contribution is 5.78. The topological polar surface area (TPSA) is 54.5 Å². The van der Waals surface area contributed by atoms with Crippen molar-refractivity contribution in [1.82, 2.24) is 15.2 Å². The summed E-state index contributed by atoms with van der Waals surface area (Å²) in [6, 6.07) is 10.2. The lowest BCUT2D eigenvalue weighted by atomic mass is 10.0. The lowest BCUT2D eigenvalue weighted by molar-refractivity contribution is -0.122. The highest BCUT2D eigenvalue weighted by Gasteiger charge is 2.27. The number of para-hydroxylation sites is 1. The van der Waals surface area contributed by atoms with Crippen molar-refractivity contribution in [2.45, 2.75) is 38.7 Å². The summed E-state index contributed by atoms with van der Waals surface area (Å²) in [5, 5.41) is 3.06. The van der Waals surface area contributed by atoms with Gasteiger partial charge in [-0.15, -0.1) is 0 Å². The van der Waals surface area contributed by atoms with Gasteiger partial charge in [0, 0.05) is 18.2 Å². The van der Waals surface area contributed by atoms with Gasteiger partial charge in [-0.3, -0.25) is 14.7 Å². The Labute approximate surface area is 160 Å². The second-order valence-corrected chi connectivity index (χ2v) is 7.55. The SMILES string of the molecule is Cc1cccnc1-c1cccc2c1O[C@@H](CNC(=O)CN1CCCCC1)C2. The number of piperidine rings is 1. The van der Waals surface area contributed by atoms with Gasteiger partial charge in [0.1, 0.15) is 11.9 Å². The fraction of sp³-hybridized carbons (Fsp3) is 0.455. The van der Waals surface area contributed by atoms with E-state index in [4.69, 9.17) is 4.74 Å². The molecule has 1 N–H and O–H groups in total. The summed E-state index contributed by atoms with van der Waals surface area (Å²) in [4.78, 5) is 19.0. The molecule has 2 aliphatic heterocycles. The smallest absolute Gasteiger partial charge is 0.234 e. The minimum Gasteiger partial charge on any atom is -0.487 e. The molecule has 0 unspecified atom stereocenters. The lowest BCUT2D eigenvalue weighted by Crippen LogP contribution is -2.42. The van der Waals surface area contributed by atoms with Gasteiger partial charge in [0.2, 0.25) is 5.91 Å². The number of amides is 1. The van der Waals surface area contributed by atoms with Gasteiger partial charge >= 0.3 is 0 Å². The highest BCUT2D eigenvalue weighted by atomic mass is 16.5. The second-order valence-electron chi connectivity index (χ2n) is 7.55. The van der Waals surface area contributed by atoms with Crippen LogP contribution in [0.15, 0.2) is 36.5 Å². The molecule has 0 spiro atoms. The van der Waals surface area contributed by atoms with Gasteiger partial charge in [-0.2, -0.15) is 0 Å². The van der Waals surface area contributed by atoms with E-state index in [-0.39, 0.29) is 12.0 Å². The number of fused-ring (bicyclic) bond motifs is 1. The van der Waals surface area contributed by atoms with Crippen molar-refractivity contribution < 1.29 is 9.53 Å². The number of nitrogens with zero attached hydrogens (tertiary/aromatic N) is 2. The van der Waals surface area contributed by atoms with Gasteiger partial charge in [-0.05, 0) is 56.1 Å². The maximum absolute atomic E-state index is 12.3. The molecule has 1 fully saturated rings. The fourth-order valence-corrected chi connectivity index (χ4v) is 4.01. The molecule has 0 saturated carbocycles. The predicted molar refractivity (Wildman–Crippen MR) is 106 cm³/mol. The van der Waals surface area contributed by atoms with Crippen molar-refractivity contribution in [2.75, 3.05) is 26.2 Å². The summed E-state index contributed by atoms with van der Waals surface area (Å²) in [6.45, 7) is 5.17. The van der Waals surface area contributed by atoms with E-state index in [2.05, 4.69) is 46.4 Å². The monoisotopic (exact) mass is 365 g/mol. The summed E-state index contributed by atoms with van der Waals surface area (Å²) in [5.74, 6) is 1.01. The van der Waals surface area contributed by atoms with Gasteiger partial charge in [0.15, 0.2) is 0 Å². The first-order valence-electron chi connectivity index (χ1n) is 9.90. The van der Waals surface area contributed by atoms with Gasteiger partial charge in [-0.25, -0.2) is 0 Å². The van der Waals surface area contributed by atoms with Crippen LogP contribution >= 0.6 is 0 Å². The van der Waals surface area contributed by atoms with E-state index in [1.807, 2.05) is 12.3 Å². The Morgan fingerprint density at radius 1 is 1.22 bits per heavy atom. The van der Waals surface area contributed by atoms with Gasteiger partial charge in [0.05, 0.1) is 18.8 Å². The molecule has 142 valence electrons. The van der Waals surface area contributed by atoms with Crippen LogP contribution in [-0.2, 0) is 11.2 Å². The number of likely N-dealkylation sites (tertiary alicyclic amines) is 1. The Balaban J connectivity index is 1.37. The van der Waals surface area contributed by atoms with Crippen molar-refractivity contribution in [3.8, 4) is 17.0 Å². The molecule has 0 bridgehead atoms. The van der Waals surface area contributed by atoms with E-state index < -0.39 is 0 Å². The minimum atomic E-state index is -0.0181. The molecule has 2 aliphatic rings. The molecule has 0 aliphatic carbocycles. The third-order valence-electron chi connectivity index (χ3n) is 5.44. The zero-order valence-electron chi connectivity index (χ0n) is 15.9. The lowest BCUT2D eigenvalue weighted by Gasteiger charge is -2.25. The van der Waals surface area contributed by atoms with Crippen molar-refractivity contribution in [3.05, 3.63) is 47.7 Å². The van der Waals surface area contributed by atoms with Gasteiger partial charge < -0.3 is 10.1 Å². The molecule has 5 heteroatoms. The van der Waals surface area contributed by atoms with E-state index >= 15 is 0 Å². The number of nitrogens with one attached hydrogen (secondary N) is 1. The maximum atomic E-state index is 12.3. The average molecular weight is 365 g/mol. The average Bonchev–Trinajstić information content (AvgIpc) is 3.11. The number of pyridine rings is 1. The van der Waals surface area contributed by atoms with Crippen LogP contribution in [0, 0.1) is 6.92 Å². The zero-order valence-corrected chi connectivity index (χ0v) is 15.9. The molecular formula is C22H27N3O2.